The van der Waals surface area contributed by atoms with Crippen LogP contribution < -0.4 is 0 Å². The summed E-state index contributed by atoms with van der Waals surface area (Å²) >= 11 is 0. The first-order chi connectivity index (χ1) is 10.5. The summed E-state index contributed by atoms with van der Waals surface area (Å²) in [6.45, 7) is 9.37. The Hall–Kier alpha value is -0.280. The van der Waals surface area contributed by atoms with Gasteiger partial charge < -0.3 is 33.9 Å². The van der Waals surface area contributed by atoms with E-state index in [-0.39, 0.29) is 18.8 Å². The van der Waals surface area contributed by atoms with Crippen LogP contribution in [-0.2, 0) is 23.7 Å². The van der Waals surface area contributed by atoms with Crippen LogP contribution in [-0.4, -0.2) is 87.0 Å². The molecule has 2 aliphatic rings. The maximum Gasteiger partial charge on any atom is 0.104 e. The lowest BCUT2D eigenvalue weighted by Crippen LogP contribution is -2.24. The summed E-state index contributed by atoms with van der Waals surface area (Å²) in [5.74, 6) is 0. The first-order valence-electron chi connectivity index (χ1n) is 7.84. The van der Waals surface area contributed by atoms with Crippen LogP contribution in [0.25, 0.3) is 0 Å². The van der Waals surface area contributed by atoms with E-state index in [9.17, 15) is 0 Å². The number of hydrogen-bond donors (Lipinski definition) is 2. The fourth-order valence-electron chi connectivity index (χ4n) is 1.36. The Labute approximate surface area is 132 Å². The molecular formula is C15H30O7. The quantitative estimate of drug-likeness (QED) is 0.516. The Morgan fingerprint density at radius 3 is 1.86 bits per heavy atom. The molecule has 0 aromatic heterocycles. The summed E-state index contributed by atoms with van der Waals surface area (Å²) in [5, 5.41) is 17.6. The van der Waals surface area contributed by atoms with Crippen molar-refractivity contribution < 1.29 is 33.9 Å². The molecule has 7 nitrogen and oxygen atoms in total. The maximum atomic E-state index is 8.92. The van der Waals surface area contributed by atoms with Crippen LogP contribution in [0.2, 0.25) is 0 Å². The molecular weight excluding hydrogens is 292 g/mol. The van der Waals surface area contributed by atoms with E-state index in [1.807, 2.05) is 6.92 Å². The molecule has 0 saturated carbocycles. The second-order valence-electron chi connectivity index (χ2n) is 5.77. The molecule has 7 heteroatoms. The molecule has 2 aliphatic heterocycles. The van der Waals surface area contributed by atoms with Gasteiger partial charge in [0, 0.05) is 0 Å². The van der Waals surface area contributed by atoms with Gasteiger partial charge in [-0.2, -0.15) is 0 Å². The summed E-state index contributed by atoms with van der Waals surface area (Å²) < 4.78 is 25.6. The van der Waals surface area contributed by atoms with Crippen molar-refractivity contribution in [1.82, 2.24) is 0 Å². The molecule has 0 aromatic carbocycles. The van der Waals surface area contributed by atoms with Crippen LogP contribution in [0.4, 0.5) is 0 Å². The van der Waals surface area contributed by atoms with Crippen molar-refractivity contribution in [2.24, 2.45) is 0 Å². The third kappa shape index (κ3) is 12.3. The highest BCUT2D eigenvalue weighted by molar-refractivity contribution is 4.71. The normalized spacial score (nSPS) is 26.6. The summed E-state index contributed by atoms with van der Waals surface area (Å²) in [7, 11) is 0. The van der Waals surface area contributed by atoms with Crippen molar-refractivity contribution in [2.45, 2.75) is 51.3 Å². The van der Waals surface area contributed by atoms with Crippen LogP contribution in [0.5, 0.6) is 0 Å². The fraction of sp³-hybridized carbons (Fsp3) is 1.00. The van der Waals surface area contributed by atoms with Gasteiger partial charge in [-0.3, -0.25) is 0 Å². The Kier molecular flexibility index (Phi) is 10.1. The molecule has 5 unspecified atom stereocenters. The molecule has 0 bridgehead atoms. The van der Waals surface area contributed by atoms with Crippen LogP contribution >= 0.6 is 0 Å². The van der Waals surface area contributed by atoms with Crippen LogP contribution in [0.1, 0.15) is 20.8 Å². The smallest absolute Gasteiger partial charge is 0.104 e. The summed E-state index contributed by atoms with van der Waals surface area (Å²) in [6.07, 6.45) is 0.131. The van der Waals surface area contributed by atoms with Crippen molar-refractivity contribution in [1.29, 1.82) is 0 Å². The molecule has 5 atom stereocenters. The summed E-state index contributed by atoms with van der Waals surface area (Å²) in [4.78, 5) is 0. The van der Waals surface area contributed by atoms with Crippen LogP contribution in [0.3, 0.4) is 0 Å². The second-order valence-corrected chi connectivity index (χ2v) is 5.77. The molecule has 0 aliphatic carbocycles. The summed E-state index contributed by atoms with van der Waals surface area (Å²) in [5.41, 5.74) is 0. The van der Waals surface area contributed by atoms with Gasteiger partial charge in [0.15, 0.2) is 0 Å². The van der Waals surface area contributed by atoms with Gasteiger partial charge in [0.2, 0.25) is 0 Å². The Bertz CT molecular complexity index is 255. The third-order valence-corrected chi connectivity index (χ3v) is 2.91. The minimum Gasteiger partial charge on any atom is -0.394 e. The van der Waals surface area contributed by atoms with E-state index in [0.717, 1.165) is 26.4 Å². The molecule has 2 rings (SSSR count). The predicted molar refractivity (Wildman–Crippen MR) is 79.9 cm³/mol. The third-order valence-electron chi connectivity index (χ3n) is 2.91. The number of aliphatic hydroxyl groups excluding tert-OH is 2. The van der Waals surface area contributed by atoms with Gasteiger partial charge in [0.05, 0.1) is 64.6 Å². The molecule has 0 spiro atoms. The Morgan fingerprint density at radius 2 is 1.45 bits per heavy atom. The molecule has 0 amide bonds. The van der Waals surface area contributed by atoms with E-state index < -0.39 is 6.10 Å². The molecule has 2 N–H and O–H groups in total. The SMILES string of the molecule is C(OCC1CO1)C1CO1.CC(O)COC(C)COC(C)CO. The van der Waals surface area contributed by atoms with Crippen molar-refractivity contribution in [3.8, 4) is 0 Å². The van der Waals surface area contributed by atoms with E-state index in [1.54, 1.807) is 13.8 Å². The molecule has 132 valence electrons. The highest BCUT2D eigenvalue weighted by Gasteiger charge is 2.26. The van der Waals surface area contributed by atoms with Crippen LogP contribution in [0.15, 0.2) is 0 Å². The number of ether oxygens (including phenoxy) is 5. The zero-order valence-corrected chi connectivity index (χ0v) is 13.8. The number of hydrogen-bond acceptors (Lipinski definition) is 7. The first-order valence-corrected chi connectivity index (χ1v) is 7.84. The van der Waals surface area contributed by atoms with Gasteiger partial charge >= 0.3 is 0 Å². The van der Waals surface area contributed by atoms with Crippen LogP contribution in [0, 0.1) is 0 Å². The monoisotopic (exact) mass is 322 g/mol. The van der Waals surface area contributed by atoms with E-state index in [1.165, 1.54) is 0 Å². The molecule has 2 heterocycles. The van der Waals surface area contributed by atoms with Gasteiger partial charge in [-0.15, -0.1) is 0 Å². The van der Waals surface area contributed by atoms with Gasteiger partial charge in [0.1, 0.15) is 12.2 Å². The second kappa shape index (κ2) is 11.3. The lowest BCUT2D eigenvalue weighted by Gasteiger charge is -2.16. The van der Waals surface area contributed by atoms with E-state index in [0.29, 0.717) is 25.4 Å². The largest absolute Gasteiger partial charge is 0.394 e. The molecule has 2 fully saturated rings. The molecule has 0 aromatic rings. The van der Waals surface area contributed by atoms with Gasteiger partial charge in [-0.05, 0) is 20.8 Å². The average Bonchev–Trinajstić information content (AvgIpc) is 3.37. The minimum absolute atomic E-state index is 0.0170. The predicted octanol–water partition coefficient (Wildman–Crippen LogP) is -0.0297. The van der Waals surface area contributed by atoms with Crippen molar-refractivity contribution >= 4 is 0 Å². The molecule has 0 radical (unpaired) electrons. The number of rotatable bonds is 11. The molecule has 22 heavy (non-hydrogen) atoms. The van der Waals surface area contributed by atoms with E-state index in [4.69, 9.17) is 33.9 Å². The lowest BCUT2D eigenvalue weighted by molar-refractivity contribution is -0.0620. The zero-order valence-electron chi connectivity index (χ0n) is 13.8. The van der Waals surface area contributed by atoms with Crippen molar-refractivity contribution in [2.75, 3.05) is 46.2 Å². The fourth-order valence-corrected chi connectivity index (χ4v) is 1.36. The van der Waals surface area contributed by atoms with Gasteiger partial charge in [0.25, 0.3) is 0 Å². The highest BCUT2D eigenvalue weighted by atomic mass is 16.6. The van der Waals surface area contributed by atoms with Crippen molar-refractivity contribution in [3.63, 3.8) is 0 Å². The first kappa shape index (κ1) is 19.8. The molecule has 2 saturated heterocycles. The van der Waals surface area contributed by atoms with E-state index in [2.05, 4.69) is 0 Å². The highest BCUT2D eigenvalue weighted by Crippen LogP contribution is 2.12. The van der Waals surface area contributed by atoms with Crippen molar-refractivity contribution in [3.05, 3.63) is 0 Å². The number of aliphatic hydroxyl groups is 2. The topological polar surface area (TPSA) is 93.2 Å². The Balaban J connectivity index is 0.000000231. The van der Waals surface area contributed by atoms with E-state index >= 15 is 0 Å². The zero-order chi connectivity index (χ0) is 16.4. The Morgan fingerprint density at radius 1 is 0.955 bits per heavy atom. The lowest BCUT2D eigenvalue weighted by atomic mass is 10.4. The maximum absolute atomic E-state index is 8.92. The van der Waals surface area contributed by atoms with Gasteiger partial charge in [-0.25, -0.2) is 0 Å². The minimum atomic E-state index is -0.447. The summed E-state index contributed by atoms with van der Waals surface area (Å²) in [6, 6.07) is 0. The number of epoxide rings is 2. The average molecular weight is 322 g/mol. The van der Waals surface area contributed by atoms with Gasteiger partial charge in [-0.1, -0.05) is 0 Å². The standard InChI is InChI=1S/C9H20O4.C6H10O3/c1-7(11)5-12-9(3)6-13-8(2)4-10;1(5-3-8-5)7-2-6-4-9-6/h7-11H,4-6H2,1-3H3;5-6H,1-4H2.